The lowest BCUT2D eigenvalue weighted by atomic mass is 10.1. The number of amides is 1. The number of nitrogens with one attached hydrogen (secondary N) is 1. The third-order valence-electron chi connectivity index (χ3n) is 4.89. The second kappa shape index (κ2) is 7.75. The van der Waals surface area contributed by atoms with Gasteiger partial charge in [0.2, 0.25) is 5.91 Å². The zero-order valence-corrected chi connectivity index (χ0v) is 13.9. The van der Waals surface area contributed by atoms with Crippen molar-refractivity contribution in [2.24, 2.45) is 0 Å². The number of carbonyl (C=O) groups is 1. The molecule has 2 saturated heterocycles. The van der Waals surface area contributed by atoms with Crippen LogP contribution in [-0.2, 0) is 4.79 Å². The van der Waals surface area contributed by atoms with Crippen molar-refractivity contribution in [2.75, 3.05) is 57.8 Å². The summed E-state index contributed by atoms with van der Waals surface area (Å²) >= 11 is 0. The molecule has 2 aliphatic rings. The van der Waals surface area contributed by atoms with Gasteiger partial charge in [0, 0.05) is 51.5 Å². The summed E-state index contributed by atoms with van der Waals surface area (Å²) < 4.78 is 0. The van der Waals surface area contributed by atoms with E-state index in [0.717, 1.165) is 51.5 Å². The van der Waals surface area contributed by atoms with Crippen LogP contribution in [0.2, 0.25) is 0 Å². The molecule has 3 rings (SSSR count). The molecule has 0 aliphatic carbocycles. The molecule has 0 saturated carbocycles. The highest BCUT2D eigenvalue weighted by Gasteiger charge is 2.25. The molecule has 0 radical (unpaired) electrons. The standard InChI is InChI=1S/C17H27N5O/c1-18-15-5-4-8-22(13-15)17(23)14-20-9-11-21(12-10-20)16-6-2-3-7-19-16/h2-3,6-7,15,18H,4-5,8-14H2,1H3. The smallest absolute Gasteiger partial charge is 0.236 e. The highest BCUT2D eigenvalue weighted by molar-refractivity contribution is 5.78. The number of likely N-dealkylation sites (N-methyl/N-ethyl adjacent to an activating group) is 1. The third kappa shape index (κ3) is 4.20. The van der Waals surface area contributed by atoms with Gasteiger partial charge in [-0.2, -0.15) is 0 Å². The van der Waals surface area contributed by atoms with Crippen LogP contribution in [0.25, 0.3) is 0 Å². The van der Waals surface area contributed by atoms with Crippen LogP contribution in [0.4, 0.5) is 5.82 Å². The minimum Gasteiger partial charge on any atom is -0.354 e. The highest BCUT2D eigenvalue weighted by atomic mass is 16.2. The molecule has 0 spiro atoms. The van der Waals surface area contributed by atoms with Gasteiger partial charge in [-0.25, -0.2) is 4.98 Å². The average molecular weight is 317 g/mol. The summed E-state index contributed by atoms with van der Waals surface area (Å²) in [4.78, 5) is 23.5. The number of anilines is 1. The normalized spacial score (nSPS) is 23.1. The number of piperazine rings is 1. The summed E-state index contributed by atoms with van der Waals surface area (Å²) in [6, 6.07) is 6.46. The summed E-state index contributed by atoms with van der Waals surface area (Å²) in [5.41, 5.74) is 0. The van der Waals surface area contributed by atoms with Crippen molar-refractivity contribution in [1.29, 1.82) is 0 Å². The number of hydrogen-bond acceptors (Lipinski definition) is 5. The van der Waals surface area contributed by atoms with Gasteiger partial charge in [0.05, 0.1) is 6.54 Å². The van der Waals surface area contributed by atoms with Gasteiger partial charge in [-0.1, -0.05) is 6.07 Å². The SMILES string of the molecule is CNC1CCCN(C(=O)CN2CCN(c3ccccn3)CC2)C1. The van der Waals surface area contributed by atoms with E-state index in [1.807, 2.05) is 36.3 Å². The summed E-state index contributed by atoms with van der Waals surface area (Å²) in [5.74, 6) is 1.31. The molecular weight excluding hydrogens is 290 g/mol. The van der Waals surface area contributed by atoms with Gasteiger partial charge in [-0.05, 0) is 32.0 Å². The van der Waals surface area contributed by atoms with E-state index in [9.17, 15) is 4.79 Å². The lowest BCUT2D eigenvalue weighted by Crippen LogP contribution is -2.53. The van der Waals surface area contributed by atoms with Crippen LogP contribution >= 0.6 is 0 Å². The average Bonchev–Trinajstić information content (AvgIpc) is 2.63. The summed E-state index contributed by atoms with van der Waals surface area (Å²) in [6.45, 7) is 6.02. The van der Waals surface area contributed by atoms with Gasteiger partial charge in [-0.3, -0.25) is 9.69 Å². The molecule has 23 heavy (non-hydrogen) atoms. The van der Waals surface area contributed by atoms with E-state index >= 15 is 0 Å². The van der Waals surface area contributed by atoms with Gasteiger partial charge >= 0.3 is 0 Å². The quantitative estimate of drug-likeness (QED) is 0.872. The van der Waals surface area contributed by atoms with Crippen molar-refractivity contribution in [1.82, 2.24) is 20.1 Å². The zero-order valence-electron chi connectivity index (χ0n) is 13.9. The van der Waals surface area contributed by atoms with Gasteiger partial charge in [-0.15, -0.1) is 0 Å². The first-order valence-electron chi connectivity index (χ1n) is 8.59. The molecule has 2 aliphatic heterocycles. The minimum atomic E-state index is 0.274. The molecule has 1 aromatic heterocycles. The molecule has 1 unspecified atom stereocenters. The Hall–Kier alpha value is -1.66. The molecule has 1 N–H and O–H groups in total. The van der Waals surface area contributed by atoms with Crippen molar-refractivity contribution in [3.05, 3.63) is 24.4 Å². The van der Waals surface area contributed by atoms with Gasteiger partial charge < -0.3 is 15.1 Å². The number of rotatable bonds is 4. The van der Waals surface area contributed by atoms with Crippen LogP contribution in [0.15, 0.2) is 24.4 Å². The predicted molar refractivity (Wildman–Crippen MR) is 91.6 cm³/mol. The lowest BCUT2D eigenvalue weighted by molar-refractivity contribution is -0.133. The summed E-state index contributed by atoms with van der Waals surface area (Å²) in [6.07, 6.45) is 4.10. The van der Waals surface area contributed by atoms with Crippen LogP contribution in [0.5, 0.6) is 0 Å². The summed E-state index contributed by atoms with van der Waals surface area (Å²) in [7, 11) is 1.98. The fraction of sp³-hybridized carbons (Fsp3) is 0.647. The Morgan fingerprint density at radius 1 is 1.26 bits per heavy atom. The Balaban J connectivity index is 1.46. The lowest BCUT2D eigenvalue weighted by Gasteiger charge is -2.37. The van der Waals surface area contributed by atoms with Gasteiger partial charge in [0.15, 0.2) is 0 Å². The molecule has 6 heteroatoms. The fourth-order valence-electron chi connectivity index (χ4n) is 3.41. The van der Waals surface area contributed by atoms with Crippen molar-refractivity contribution in [3.8, 4) is 0 Å². The van der Waals surface area contributed by atoms with Crippen molar-refractivity contribution in [2.45, 2.75) is 18.9 Å². The maximum Gasteiger partial charge on any atom is 0.236 e. The van der Waals surface area contributed by atoms with Gasteiger partial charge in [0.1, 0.15) is 5.82 Å². The molecule has 0 bridgehead atoms. The Morgan fingerprint density at radius 3 is 2.78 bits per heavy atom. The summed E-state index contributed by atoms with van der Waals surface area (Å²) in [5, 5.41) is 3.30. The molecule has 1 aromatic rings. The number of piperidine rings is 1. The molecular formula is C17H27N5O. The number of pyridine rings is 1. The van der Waals surface area contributed by atoms with E-state index in [1.54, 1.807) is 0 Å². The van der Waals surface area contributed by atoms with E-state index < -0.39 is 0 Å². The fourth-order valence-corrected chi connectivity index (χ4v) is 3.41. The first-order chi connectivity index (χ1) is 11.3. The monoisotopic (exact) mass is 317 g/mol. The number of likely N-dealkylation sites (tertiary alicyclic amines) is 1. The third-order valence-corrected chi connectivity index (χ3v) is 4.89. The van der Waals surface area contributed by atoms with Crippen molar-refractivity contribution >= 4 is 11.7 Å². The largest absolute Gasteiger partial charge is 0.354 e. The molecule has 1 atom stereocenters. The molecule has 126 valence electrons. The minimum absolute atomic E-state index is 0.274. The van der Waals surface area contributed by atoms with Crippen molar-refractivity contribution in [3.63, 3.8) is 0 Å². The molecule has 2 fully saturated rings. The number of hydrogen-bond donors (Lipinski definition) is 1. The number of nitrogens with zero attached hydrogens (tertiary/aromatic N) is 4. The van der Waals surface area contributed by atoms with E-state index in [2.05, 4.69) is 20.1 Å². The van der Waals surface area contributed by atoms with E-state index in [-0.39, 0.29) is 5.91 Å². The Labute approximate surface area is 138 Å². The molecule has 6 nitrogen and oxygen atoms in total. The molecule has 0 aromatic carbocycles. The Bertz CT molecular complexity index is 501. The van der Waals surface area contributed by atoms with Crippen molar-refractivity contribution < 1.29 is 4.79 Å². The molecule has 3 heterocycles. The van der Waals surface area contributed by atoms with E-state index in [1.165, 1.54) is 6.42 Å². The second-order valence-electron chi connectivity index (χ2n) is 6.42. The Morgan fingerprint density at radius 2 is 2.09 bits per heavy atom. The Kier molecular flexibility index (Phi) is 5.46. The number of aromatic nitrogens is 1. The first-order valence-corrected chi connectivity index (χ1v) is 8.59. The maximum absolute atomic E-state index is 12.5. The van der Waals surface area contributed by atoms with Gasteiger partial charge in [0.25, 0.3) is 0 Å². The van der Waals surface area contributed by atoms with Crippen LogP contribution in [-0.4, -0.2) is 79.6 Å². The zero-order chi connectivity index (χ0) is 16.1. The predicted octanol–water partition coefficient (Wildman–Crippen LogP) is 0.414. The van der Waals surface area contributed by atoms with E-state index in [4.69, 9.17) is 0 Å². The number of carbonyl (C=O) groups excluding carboxylic acids is 1. The second-order valence-corrected chi connectivity index (χ2v) is 6.42. The highest BCUT2D eigenvalue weighted by Crippen LogP contribution is 2.14. The topological polar surface area (TPSA) is 51.7 Å². The van der Waals surface area contributed by atoms with Crippen LogP contribution in [0.3, 0.4) is 0 Å². The first kappa shape index (κ1) is 16.2. The van der Waals surface area contributed by atoms with Crippen LogP contribution < -0.4 is 10.2 Å². The maximum atomic E-state index is 12.5. The van der Waals surface area contributed by atoms with Crippen LogP contribution in [0, 0.1) is 0 Å². The molecule has 1 amide bonds. The van der Waals surface area contributed by atoms with E-state index in [0.29, 0.717) is 12.6 Å². The van der Waals surface area contributed by atoms with Crippen LogP contribution in [0.1, 0.15) is 12.8 Å².